The molecule has 3 aliphatic heterocycles. The van der Waals surface area contributed by atoms with E-state index >= 15 is 0 Å². The molecule has 1 saturated heterocycles. The maximum atomic E-state index is 13.3. The van der Waals surface area contributed by atoms with Crippen molar-refractivity contribution < 1.29 is 22.7 Å². The normalized spacial score (nSPS) is 18.6. The lowest BCUT2D eigenvalue weighted by Crippen LogP contribution is -2.36. The van der Waals surface area contributed by atoms with Crippen molar-refractivity contribution in [1.29, 1.82) is 0 Å². The summed E-state index contributed by atoms with van der Waals surface area (Å²) >= 11 is 6.39. The zero-order valence-electron chi connectivity index (χ0n) is 18.4. The third-order valence-corrected chi connectivity index (χ3v) is 8.57. The molecule has 3 aliphatic rings. The van der Waals surface area contributed by atoms with Gasteiger partial charge in [-0.2, -0.15) is 4.31 Å². The van der Waals surface area contributed by atoms with Crippen LogP contribution >= 0.6 is 11.6 Å². The zero-order valence-corrected chi connectivity index (χ0v) is 20.0. The molecule has 33 heavy (non-hydrogen) atoms. The van der Waals surface area contributed by atoms with Crippen molar-refractivity contribution in [3.05, 3.63) is 46.5 Å². The summed E-state index contributed by atoms with van der Waals surface area (Å²) in [5, 5.41) is 0.438. The van der Waals surface area contributed by atoms with E-state index in [1.807, 2.05) is 6.07 Å². The van der Waals surface area contributed by atoms with Crippen molar-refractivity contribution in [2.45, 2.75) is 43.4 Å². The minimum atomic E-state index is -3.49. The number of benzene rings is 2. The van der Waals surface area contributed by atoms with Gasteiger partial charge in [0.15, 0.2) is 11.5 Å². The van der Waals surface area contributed by atoms with Crippen LogP contribution in [-0.4, -0.2) is 51.5 Å². The summed E-state index contributed by atoms with van der Waals surface area (Å²) in [5.74, 6) is 1.04. The molecule has 0 atom stereocenters. The topological polar surface area (TPSA) is 76.1 Å². The van der Waals surface area contributed by atoms with Gasteiger partial charge in [0.25, 0.3) is 0 Å². The van der Waals surface area contributed by atoms with Crippen molar-refractivity contribution in [3.8, 4) is 11.5 Å². The Morgan fingerprint density at radius 3 is 2.58 bits per heavy atom. The summed E-state index contributed by atoms with van der Waals surface area (Å²) in [4.78, 5) is 15.3. The first kappa shape index (κ1) is 22.5. The highest BCUT2D eigenvalue weighted by Crippen LogP contribution is 2.38. The van der Waals surface area contributed by atoms with E-state index in [1.54, 1.807) is 33.5 Å². The lowest BCUT2D eigenvalue weighted by Gasteiger charge is -2.30. The van der Waals surface area contributed by atoms with Gasteiger partial charge >= 0.3 is 0 Å². The molecule has 1 fully saturated rings. The van der Waals surface area contributed by atoms with Crippen molar-refractivity contribution in [2.75, 3.05) is 37.7 Å². The van der Waals surface area contributed by atoms with Crippen LogP contribution < -0.4 is 14.4 Å². The van der Waals surface area contributed by atoms with Gasteiger partial charge in [0.2, 0.25) is 15.9 Å². The van der Waals surface area contributed by atoms with E-state index in [2.05, 4.69) is 0 Å². The van der Waals surface area contributed by atoms with Crippen LogP contribution in [0.2, 0.25) is 5.02 Å². The number of hydrogen-bond acceptors (Lipinski definition) is 5. The fourth-order valence-electron chi connectivity index (χ4n) is 4.73. The molecule has 176 valence electrons. The molecule has 0 aromatic heterocycles. The number of anilines is 1. The molecule has 0 aliphatic carbocycles. The van der Waals surface area contributed by atoms with Crippen molar-refractivity contribution in [2.24, 2.45) is 0 Å². The molecular formula is C24H27ClN2O5S. The van der Waals surface area contributed by atoms with Crippen LogP contribution in [0.5, 0.6) is 11.5 Å². The van der Waals surface area contributed by atoms with E-state index in [0.717, 1.165) is 48.9 Å². The maximum absolute atomic E-state index is 13.3. The molecule has 5 rings (SSSR count). The Labute approximate surface area is 199 Å². The minimum absolute atomic E-state index is 0.0587. The third-order valence-electron chi connectivity index (χ3n) is 6.39. The minimum Gasteiger partial charge on any atom is -0.489 e. The first-order valence-electron chi connectivity index (χ1n) is 11.4. The van der Waals surface area contributed by atoms with Gasteiger partial charge < -0.3 is 14.4 Å². The molecule has 0 N–H and O–H groups in total. The number of carbonyl (C=O) groups excluding carboxylic acids is 1. The van der Waals surface area contributed by atoms with E-state index in [0.29, 0.717) is 54.3 Å². The van der Waals surface area contributed by atoms with E-state index in [9.17, 15) is 13.2 Å². The Morgan fingerprint density at radius 1 is 0.970 bits per heavy atom. The first-order valence-corrected chi connectivity index (χ1v) is 13.3. The second-order valence-electron chi connectivity index (χ2n) is 8.68. The average molecular weight is 491 g/mol. The van der Waals surface area contributed by atoms with Gasteiger partial charge in [0, 0.05) is 31.7 Å². The molecule has 0 unspecified atom stereocenters. The fraction of sp³-hybridized carbons (Fsp3) is 0.458. The molecular weight excluding hydrogens is 464 g/mol. The van der Waals surface area contributed by atoms with Crippen LogP contribution in [0.15, 0.2) is 35.2 Å². The molecule has 0 radical (unpaired) electrons. The number of aryl methyl sites for hydroxylation is 1. The predicted octanol–water partition coefficient (Wildman–Crippen LogP) is 3.81. The number of ether oxygens (including phenoxy) is 2. The smallest absolute Gasteiger partial charge is 0.243 e. The largest absolute Gasteiger partial charge is 0.489 e. The lowest BCUT2D eigenvalue weighted by atomic mass is 10.0. The lowest BCUT2D eigenvalue weighted by molar-refractivity contribution is -0.118. The highest BCUT2D eigenvalue weighted by atomic mass is 35.5. The number of rotatable bonds is 4. The molecule has 3 heterocycles. The maximum Gasteiger partial charge on any atom is 0.243 e. The van der Waals surface area contributed by atoms with Crippen molar-refractivity contribution in [3.63, 3.8) is 0 Å². The summed E-state index contributed by atoms with van der Waals surface area (Å²) in [6.45, 7) is 2.83. The monoisotopic (exact) mass is 490 g/mol. The number of sulfonamides is 1. The summed E-state index contributed by atoms with van der Waals surface area (Å²) in [6, 6.07) is 8.72. The Bertz CT molecular complexity index is 1180. The van der Waals surface area contributed by atoms with Gasteiger partial charge in [-0.3, -0.25) is 4.79 Å². The van der Waals surface area contributed by atoms with Gasteiger partial charge in [-0.25, -0.2) is 8.42 Å². The first-order chi connectivity index (χ1) is 15.9. The second kappa shape index (κ2) is 9.16. The van der Waals surface area contributed by atoms with Crippen LogP contribution in [0, 0.1) is 0 Å². The highest BCUT2D eigenvalue weighted by Gasteiger charge is 2.30. The fourth-order valence-corrected chi connectivity index (χ4v) is 6.58. The zero-order chi connectivity index (χ0) is 23.0. The highest BCUT2D eigenvalue weighted by molar-refractivity contribution is 7.89. The van der Waals surface area contributed by atoms with Crippen molar-refractivity contribution in [1.82, 2.24) is 4.31 Å². The van der Waals surface area contributed by atoms with E-state index in [1.165, 1.54) is 0 Å². The van der Waals surface area contributed by atoms with E-state index in [4.69, 9.17) is 21.1 Å². The van der Waals surface area contributed by atoms with Crippen LogP contribution in [0.1, 0.15) is 36.8 Å². The number of nitrogens with zero attached hydrogens (tertiary/aromatic N) is 2. The van der Waals surface area contributed by atoms with Gasteiger partial charge in [-0.1, -0.05) is 11.6 Å². The number of fused-ring (bicyclic) bond motifs is 2. The molecule has 0 saturated carbocycles. The average Bonchev–Trinajstić information content (AvgIpc) is 3.25. The second-order valence-corrected chi connectivity index (χ2v) is 11.0. The summed E-state index contributed by atoms with van der Waals surface area (Å²) in [6.07, 6.45) is 4.28. The Kier molecular flexibility index (Phi) is 6.24. The standard InChI is InChI=1S/C24H27ClN2O5S/c25-20-13-17(14-22-24(20)32-12-4-11-31-22)15-23(28)27-10-3-5-18-16-19(6-7-21(18)27)33(29,30)26-8-1-2-9-26/h6-7,13-14,16H,1-5,8-12,15H2. The Balaban J connectivity index is 1.38. The molecule has 1 amide bonds. The summed E-state index contributed by atoms with van der Waals surface area (Å²) in [5.41, 5.74) is 2.44. The number of amides is 1. The Hall–Kier alpha value is -2.29. The number of halogens is 1. The van der Waals surface area contributed by atoms with Gasteiger partial charge in [0.05, 0.1) is 29.6 Å². The molecule has 0 bridgehead atoms. The van der Waals surface area contributed by atoms with Crippen LogP contribution in [0.4, 0.5) is 5.69 Å². The van der Waals surface area contributed by atoms with Crippen LogP contribution in [-0.2, 0) is 27.7 Å². The van der Waals surface area contributed by atoms with Crippen LogP contribution in [0.25, 0.3) is 0 Å². The van der Waals surface area contributed by atoms with Crippen LogP contribution in [0.3, 0.4) is 0 Å². The summed E-state index contributed by atoms with van der Waals surface area (Å²) in [7, 11) is -3.49. The molecule has 0 spiro atoms. The van der Waals surface area contributed by atoms with Gasteiger partial charge in [-0.15, -0.1) is 0 Å². The van der Waals surface area contributed by atoms with Gasteiger partial charge in [0.1, 0.15) is 0 Å². The number of hydrogen-bond donors (Lipinski definition) is 0. The molecule has 2 aromatic carbocycles. The quantitative estimate of drug-likeness (QED) is 0.651. The predicted molar refractivity (Wildman–Crippen MR) is 126 cm³/mol. The molecule has 7 nitrogen and oxygen atoms in total. The molecule has 2 aromatic rings. The van der Waals surface area contributed by atoms with E-state index in [-0.39, 0.29) is 12.3 Å². The Morgan fingerprint density at radius 2 is 1.76 bits per heavy atom. The van der Waals surface area contributed by atoms with E-state index < -0.39 is 10.0 Å². The third kappa shape index (κ3) is 4.44. The molecule has 9 heteroatoms. The summed E-state index contributed by atoms with van der Waals surface area (Å²) < 4.78 is 38.9. The van der Waals surface area contributed by atoms with Crippen molar-refractivity contribution >= 4 is 33.2 Å². The SMILES string of the molecule is O=C(Cc1cc(Cl)c2c(c1)OCCCO2)N1CCCc2cc(S(=O)(=O)N3CCCC3)ccc21. The number of carbonyl (C=O) groups is 1. The van der Waals surface area contributed by atoms with Gasteiger partial charge in [-0.05, 0) is 67.1 Å².